The maximum atomic E-state index is 5.81. The van der Waals surface area contributed by atoms with Crippen LogP contribution in [0.3, 0.4) is 0 Å². The zero-order valence-corrected chi connectivity index (χ0v) is 13.0. The molecule has 0 bridgehead atoms. The molecular weight excluding hydrogens is 262 g/mol. The van der Waals surface area contributed by atoms with Crippen LogP contribution in [0.4, 0.5) is 0 Å². The van der Waals surface area contributed by atoms with E-state index in [1.807, 2.05) is 42.7 Å². The molecule has 4 nitrogen and oxygen atoms in total. The fourth-order valence-electron chi connectivity index (χ4n) is 2.35. The van der Waals surface area contributed by atoms with Gasteiger partial charge in [0.15, 0.2) is 0 Å². The molecular formula is C17H25N3O. The van der Waals surface area contributed by atoms with E-state index in [-0.39, 0.29) is 6.04 Å². The summed E-state index contributed by atoms with van der Waals surface area (Å²) in [5.41, 5.74) is 0. The van der Waals surface area contributed by atoms with Gasteiger partial charge < -0.3 is 14.6 Å². The molecule has 0 aliphatic heterocycles. The van der Waals surface area contributed by atoms with Gasteiger partial charge in [-0.3, -0.25) is 0 Å². The van der Waals surface area contributed by atoms with E-state index in [9.17, 15) is 0 Å². The van der Waals surface area contributed by atoms with Crippen LogP contribution in [0.25, 0.3) is 0 Å². The zero-order chi connectivity index (χ0) is 14.9. The normalized spacial score (nSPS) is 12.3. The van der Waals surface area contributed by atoms with E-state index in [1.54, 1.807) is 0 Å². The van der Waals surface area contributed by atoms with Crippen molar-refractivity contribution in [3.8, 4) is 5.75 Å². The van der Waals surface area contributed by atoms with Gasteiger partial charge in [-0.2, -0.15) is 0 Å². The molecule has 0 aliphatic rings. The van der Waals surface area contributed by atoms with Crippen molar-refractivity contribution in [3.05, 3.63) is 48.5 Å². The minimum absolute atomic E-state index is 0.239. The number of benzene rings is 1. The molecule has 1 atom stereocenters. The molecule has 1 N–H and O–H groups in total. The Labute approximate surface area is 127 Å². The summed E-state index contributed by atoms with van der Waals surface area (Å²) < 4.78 is 8.00. The molecule has 0 fully saturated rings. The largest absolute Gasteiger partial charge is 0.494 e. The molecule has 2 rings (SSSR count). The first kappa shape index (κ1) is 15.6. The van der Waals surface area contributed by atoms with Crippen molar-refractivity contribution in [1.82, 2.24) is 14.9 Å². The van der Waals surface area contributed by atoms with Gasteiger partial charge >= 0.3 is 0 Å². The summed E-state index contributed by atoms with van der Waals surface area (Å²) >= 11 is 0. The van der Waals surface area contributed by atoms with E-state index in [1.165, 1.54) is 0 Å². The predicted octanol–water partition coefficient (Wildman–Crippen LogP) is 3.41. The first-order valence-electron chi connectivity index (χ1n) is 7.77. The first-order chi connectivity index (χ1) is 10.3. The average Bonchev–Trinajstić information content (AvgIpc) is 3.00. The Morgan fingerprint density at radius 2 is 2.05 bits per heavy atom. The molecule has 0 saturated carbocycles. The Morgan fingerprint density at radius 3 is 2.76 bits per heavy atom. The highest BCUT2D eigenvalue weighted by atomic mass is 16.5. The number of aromatic nitrogens is 2. The Balaban J connectivity index is 1.93. The number of rotatable bonds is 9. The Kier molecular flexibility index (Phi) is 6.28. The van der Waals surface area contributed by atoms with Crippen LogP contribution < -0.4 is 10.1 Å². The molecule has 0 spiro atoms. The molecule has 0 amide bonds. The molecule has 4 heteroatoms. The second-order valence-electron chi connectivity index (χ2n) is 5.03. The molecule has 1 unspecified atom stereocenters. The lowest BCUT2D eigenvalue weighted by atomic mass is 10.2. The first-order valence-corrected chi connectivity index (χ1v) is 7.77. The van der Waals surface area contributed by atoms with Gasteiger partial charge in [-0.05, 0) is 32.0 Å². The van der Waals surface area contributed by atoms with E-state index in [4.69, 9.17) is 4.74 Å². The number of aryl methyl sites for hydroxylation is 1. The quantitative estimate of drug-likeness (QED) is 0.768. The third kappa shape index (κ3) is 4.60. The van der Waals surface area contributed by atoms with Crippen molar-refractivity contribution in [3.63, 3.8) is 0 Å². The molecule has 0 aliphatic carbocycles. The van der Waals surface area contributed by atoms with Gasteiger partial charge in [0.1, 0.15) is 11.6 Å². The Bertz CT molecular complexity index is 510. The third-order valence-electron chi connectivity index (χ3n) is 3.46. The van der Waals surface area contributed by atoms with Crippen molar-refractivity contribution in [1.29, 1.82) is 0 Å². The molecule has 1 aromatic carbocycles. The summed E-state index contributed by atoms with van der Waals surface area (Å²) in [6, 6.07) is 10.2. The third-order valence-corrected chi connectivity index (χ3v) is 3.46. The summed E-state index contributed by atoms with van der Waals surface area (Å²) in [5, 5.41) is 3.57. The van der Waals surface area contributed by atoms with Crippen molar-refractivity contribution in [2.45, 2.75) is 39.3 Å². The minimum Gasteiger partial charge on any atom is -0.494 e. The summed E-state index contributed by atoms with van der Waals surface area (Å²) in [4.78, 5) is 4.51. The average molecular weight is 287 g/mol. The van der Waals surface area contributed by atoms with Crippen LogP contribution >= 0.6 is 0 Å². The number of hydrogen-bond donors (Lipinski definition) is 1. The molecule has 2 aromatic rings. The van der Waals surface area contributed by atoms with Crippen LogP contribution in [0, 0.1) is 0 Å². The molecule has 1 aromatic heterocycles. The number of hydrogen-bond acceptors (Lipinski definition) is 3. The number of ether oxygens (including phenoxy) is 1. The van der Waals surface area contributed by atoms with Gasteiger partial charge in [-0.1, -0.05) is 25.1 Å². The maximum absolute atomic E-state index is 5.81. The Morgan fingerprint density at radius 1 is 1.24 bits per heavy atom. The standard InChI is InChI=1S/C17H25N3O/c1-3-11-18-16(17-19-12-13-20(17)4-2)10-14-21-15-8-6-5-7-9-15/h5-9,12-13,16,18H,3-4,10-11,14H2,1-2H3. The second kappa shape index (κ2) is 8.47. The van der Waals surface area contributed by atoms with Gasteiger partial charge in [0.05, 0.1) is 12.6 Å². The number of imidazole rings is 1. The monoisotopic (exact) mass is 287 g/mol. The fraction of sp³-hybridized carbons (Fsp3) is 0.471. The maximum Gasteiger partial charge on any atom is 0.125 e. The fourth-order valence-corrected chi connectivity index (χ4v) is 2.35. The van der Waals surface area contributed by atoms with Crippen LogP contribution in [-0.2, 0) is 6.54 Å². The van der Waals surface area contributed by atoms with E-state index in [0.29, 0.717) is 6.61 Å². The Hall–Kier alpha value is -1.81. The smallest absolute Gasteiger partial charge is 0.125 e. The van der Waals surface area contributed by atoms with E-state index < -0.39 is 0 Å². The van der Waals surface area contributed by atoms with Gasteiger partial charge in [0, 0.05) is 25.4 Å². The van der Waals surface area contributed by atoms with Crippen molar-refractivity contribution >= 4 is 0 Å². The summed E-state index contributed by atoms with van der Waals surface area (Å²) in [7, 11) is 0. The lowest BCUT2D eigenvalue weighted by Gasteiger charge is -2.19. The van der Waals surface area contributed by atoms with Crippen LogP contribution in [0.2, 0.25) is 0 Å². The van der Waals surface area contributed by atoms with Gasteiger partial charge in [0.25, 0.3) is 0 Å². The lowest BCUT2D eigenvalue weighted by Crippen LogP contribution is -2.26. The second-order valence-corrected chi connectivity index (χ2v) is 5.03. The molecule has 1 heterocycles. The number of nitrogens with one attached hydrogen (secondary N) is 1. The van der Waals surface area contributed by atoms with Crippen LogP contribution in [0.1, 0.15) is 38.6 Å². The highest BCUT2D eigenvalue weighted by Crippen LogP contribution is 2.17. The van der Waals surface area contributed by atoms with Crippen molar-refractivity contribution in [2.24, 2.45) is 0 Å². The lowest BCUT2D eigenvalue weighted by molar-refractivity contribution is 0.281. The minimum atomic E-state index is 0.239. The van der Waals surface area contributed by atoms with E-state index in [2.05, 4.69) is 28.7 Å². The predicted molar refractivity (Wildman–Crippen MR) is 85.5 cm³/mol. The summed E-state index contributed by atoms with van der Waals surface area (Å²) in [5.74, 6) is 2.02. The van der Waals surface area contributed by atoms with Gasteiger partial charge in [-0.25, -0.2) is 4.98 Å². The highest BCUT2D eigenvalue weighted by molar-refractivity contribution is 5.20. The zero-order valence-electron chi connectivity index (χ0n) is 13.0. The van der Waals surface area contributed by atoms with Crippen LogP contribution in [0.5, 0.6) is 5.75 Å². The molecule has 21 heavy (non-hydrogen) atoms. The van der Waals surface area contributed by atoms with Crippen LogP contribution in [0.15, 0.2) is 42.7 Å². The highest BCUT2D eigenvalue weighted by Gasteiger charge is 2.15. The van der Waals surface area contributed by atoms with Crippen molar-refractivity contribution < 1.29 is 4.74 Å². The van der Waals surface area contributed by atoms with E-state index >= 15 is 0 Å². The molecule has 0 radical (unpaired) electrons. The molecule has 0 saturated heterocycles. The topological polar surface area (TPSA) is 39.1 Å². The van der Waals surface area contributed by atoms with Gasteiger partial charge in [0.2, 0.25) is 0 Å². The van der Waals surface area contributed by atoms with Gasteiger partial charge in [-0.15, -0.1) is 0 Å². The number of nitrogens with zero attached hydrogens (tertiary/aromatic N) is 2. The number of para-hydroxylation sites is 1. The summed E-state index contributed by atoms with van der Waals surface area (Å²) in [6.07, 6.45) is 5.93. The van der Waals surface area contributed by atoms with Crippen molar-refractivity contribution in [2.75, 3.05) is 13.2 Å². The summed E-state index contributed by atoms with van der Waals surface area (Å²) in [6.45, 7) is 6.94. The van der Waals surface area contributed by atoms with Crippen LogP contribution in [-0.4, -0.2) is 22.7 Å². The SMILES string of the molecule is CCCNC(CCOc1ccccc1)c1nccn1CC. The molecule has 114 valence electrons. The van der Waals surface area contributed by atoms with E-state index in [0.717, 1.165) is 37.5 Å².